The third-order valence-electron chi connectivity index (χ3n) is 10.2. The van der Waals surface area contributed by atoms with Gasteiger partial charge in [0.15, 0.2) is 6.10 Å². The normalized spacial score (nSPS) is 12.4. The zero-order chi connectivity index (χ0) is 36.4. The van der Waals surface area contributed by atoms with Gasteiger partial charge in [0.25, 0.3) is 0 Å². The Labute approximate surface area is 312 Å². The Morgan fingerprint density at radius 2 is 0.760 bits per heavy atom. The van der Waals surface area contributed by atoms with E-state index < -0.39 is 12.1 Å². The second-order valence-corrected chi connectivity index (χ2v) is 15.2. The van der Waals surface area contributed by atoms with Crippen LogP contribution in [-0.4, -0.2) is 23.1 Å². The van der Waals surface area contributed by atoms with Crippen LogP contribution in [0.15, 0.2) is 24.3 Å². The molecule has 0 aromatic heterocycles. The van der Waals surface area contributed by atoms with Gasteiger partial charge in [-0.15, -0.1) is 0 Å². The molecular formula is C46H86O4. The second-order valence-electron chi connectivity index (χ2n) is 15.2. The Hall–Kier alpha value is -1.58. The quantitative estimate of drug-likeness (QED) is 0.0391. The highest BCUT2D eigenvalue weighted by Gasteiger charge is 2.21. The molecule has 1 atom stereocenters. The van der Waals surface area contributed by atoms with Gasteiger partial charge in [-0.2, -0.15) is 0 Å². The summed E-state index contributed by atoms with van der Waals surface area (Å²) in [6.07, 6.45) is 53.7. The Balaban J connectivity index is 3.50. The maximum Gasteiger partial charge on any atom is 0.345 e. The van der Waals surface area contributed by atoms with Crippen LogP contribution in [-0.2, 0) is 14.3 Å². The molecule has 294 valence electrons. The Kier molecular flexibility index (Phi) is 40.5. The molecule has 0 amide bonds. The molecule has 50 heavy (non-hydrogen) atoms. The summed E-state index contributed by atoms with van der Waals surface area (Å²) in [5, 5.41) is 9.53. The molecule has 0 aliphatic carbocycles. The Morgan fingerprint density at radius 1 is 0.440 bits per heavy atom. The molecule has 0 aromatic rings. The average molecular weight is 703 g/mol. The minimum absolute atomic E-state index is 0.338. The van der Waals surface area contributed by atoms with Crippen LogP contribution >= 0.6 is 0 Å². The van der Waals surface area contributed by atoms with Crippen LogP contribution in [0.25, 0.3) is 0 Å². The first kappa shape index (κ1) is 48.4. The number of carboxylic acid groups (broad SMARTS) is 1. The molecule has 0 aliphatic rings. The fraction of sp³-hybridized carbons (Fsp3) is 0.870. The highest BCUT2D eigenvalue weighted by atomic mass is 16.6. The zero-order valence-corrected chi connectivity index (χ0v) is 33.7. The van der Waals surface area contributed by atoms with Gasteiger partial charge in [-0.3, -0.25) is 4.79 Å². The third kappa shape index (κ3) is 39.2. The number of carbonyl (C=O) groups is 2. The molecular weight excluding hydrogens is 617 g/mol. The van der Waals surface area contributed by atoms with E-state index in [-0.39, 0.29) is 5.97 Å². The first-order valence-electron chi connectivity index (χ1n) is 22.3. The lowest BCUT2D eigenvalue weighted by Gasteiger charge is -2.13. The molecule has 4 heteroatoms. The summed E-state index contributed by atoms with van der Waals surface area (Å²) in [4.78, 5) is 23.9. The van der Waals surface area contributed by atoms with Crippen molar-refractivity contribution in [1.29, 1.82) is 0 Å². The number of carboxylic acids is 1. The van der Waals surface area contributed by atoms with Gasteiger partial charge in [-0.1, -0.05) is 218 Å². The summed E-state index contributed by atoms with van der Waals surface area (Å²) in [7, 11) is 0. The van der Waals surface area contributed by atoms with Crippen LogP contribution in [0, 0.1) is 0 Å². The van der Waals surface area contributed by atoms with Gasteiger partial charge in [0, 0.05) is 6.42 Å². The fourth-order valence-corrected chi connectivity index (χ4v) is 6.82. The predicted octanol–water partition coefficient (Wildman–Crippen LogP) is 15.6. The van der Waals surface area contributed by atoms with Crippen LogP contribution in [0.5, 0.6) is 0 Å². The van der Waals surface area contributed by atoms with E-state index in [9.17, 15) is 14.7 Å². The summed E-state index contributed by atoms with van der Waals surface area (Å²) < 4.78 is 5.34. The van der Waals surface area contributed by atoms with Crippen LogP contribution in [0.2, 0.25) is 0 Å². The monoisotopic (exact) mass is 703 g/mol. The van der Waals surface area contributed by atoms with Gasteiger partial charge in [-0.05, 0) is 51.4 Å². The number of esters is 1. The Bertz CT molecular complexity index is 757. The molecule has 0 spiro atoms. The molecule has 0 fully saturated rings. The van der Waals surface area contributed by atoms with Crippen LogP contribution < -0.4 is 0 Å². The molecule has 0 saturated carbocycles. The SMILES string of the molecule is CCCCC/C=C\C/C=C\CCCCCCCCCCCC(=O)OC(CCCCCCCCCCCCCCCCCCCCCC)C(=O)O. The van der Waals surface area contributed by atoms with Crippen molar-refractivity contribution in [3.05, 3.63) is 24.3 Å². The van der Waals surface area contributed by atoms with Gasteiger partial charge in [0.1, 0.15) is 0 Å². The lowest BCUT2D eigenvalue weighted by molar-refractivity contribution is -0.164. The standard InChI is InChI=1S/C46H86O4/c1-3-5-7-9-11-13-15-17-19-21-23-25-26-28-30-32-34-36-38-40-42-44(46(48)49)50-45(47)43-41-39-37-35-33-31-29-27-24-22-20-18-16-14-12-10-8-6-4-2/h12,14,18,20,44H,3-11,13,15-17,19,21-43H2,1-2H3,(H,48,49)/b14-12-,20-18-. The summed E-state index contributed by atoms with van der Waals surface area (Å²) in [5.41, 5.74) is 0. The number of rotatable bonds is 41. The fourth-order valence-electron chi connectivity index (χ4n) is 6.82. The summed E-state index contributed by atoms with van der Waals surface area (Å²) >= 11 is 0. The summed E-state index contributed by atoms with van der Waals surface area (Å²) in [5.74, 6) is -1.35. The lowest BCUT2D eigenvalue weighted by atomic mass is 10.0. The van der Waals surface area contributed by atoms with Crippen molar-refractivity contribution in [3.8, 4) is 0 Å². The van der Waals surface area contributed by atoms with E-state index in [1.807, 2.05) is 0 Å². The number of ether oxygens (including phenoxy) is 1. The molecule has 0 radical (unpaired) electrons. The van der Waals surface area contributed by atoms with Crippen LogP contribution in [0.1, 0.15) is 251 Å². The largest absolute Gasteiger partial charge is 0.479 e. The van der Waals surface area contributed by atoms with Crippen molar-refractivity contribution in [2.45, 2.75) is 258 Å². The molecule has 0 aliphatic heterocycles. The van der Waals surface area contributed by atoms with Gasteiger partial charge in [0.05, 0.1) is 0 Å². The van der Waals surface area contributed by atoms with Crippen LogP contribution in [0.4, 0.5) is 0 Å². The predicted molar refractivity (Wildman–Crippen MR) is 218 cm³/mol. The molecule has 0 aromatic carbocycles. The van der Waals surface area contributed by atoms with E-state index in [1.54, 1.807) is 0 Å². The second kappa shape index (κ2) is 41.8. The van der Waals surface area contributed by atoms with Crippen molar-refractivity contribution < 1.29 is 19.4 Å². The molecule has 0 saturated heterocycles. The van der Waals surface area contributed by atoms with E-state index >= 15 is 0 Å². The third-order valence-corrected chi connectivity index (χ3v) is 10.2. The minimum Gasteiger partial charge on any atom is -0.479 e. The number of allylic oxidation sites excluding steroid dienone is 4. The molecule has 0 heterocycles. The van der Waals surface area contributed by atoms with Crippen molar-refractivity contribution in [2.24, 2.45) is 0 Å². The van der Waals surface area contributed by atoms with E-state index in [4.69, 9.17) is 4.74 Å². The first-order chi connectivity index (χ1) is 24.6. The number of aliphatic carboxylic acids is 1. The van der Waals surface area contributed by atoms with E-state index in [0.717, 1.165) is 44.9 Å². The smallest absolute Gasteiger partial charge is 0.345 e. The van der Waals surface area contributed by atoms with E-state index in [2.05, 4.69) is 38.2 Å². The Morgan fingerprint density at radius 3 is 1.16 bits per heavy atom. The van der Waals surface area contributed by atoms with Crippen molar-refractivity contribution in [2.75, 3.05) is 0 Å². The van der Waals surface area contributed by atoms with E-state index in [0.29, 0.717) is 12.8 Å². The van der Waals surface area contributed by atoms with Crippen molar-refractivity contribution in [1.82, 2.24) is 0 Å². The van der Waals surface area contributed by atoms with Gasteiger partial charge in [0.2, 0.25) is 0 Å². The van der Waals surface area contributed by atoms with Gasteiger partial charge < -0.3 is 9.84 Å². The number of carbonyl (C=O) groups excluding carboxylic acids is 1. The average Bonchev–Trinajstić information content (AvgIpc) is 3.11. The first-order valence-corrected chi connectivity index (χ1v) is 22.3. The van der Waals surface area contributed by atoms with Crippen molar-refractivity contribution >= 4 is 11.9 Å². The molecule has 0 bridgehead atoms. The molecule has 1 unspecified atom stereocenters. The molecule has 4 nitrogen and oxygen atoms in total. The van der Waals surface area contributed by atoms with Gasteiger partial charge in [-0.25, -0.2) is 4.79 Å². The molecule has 1 N–H and O–H groups in total. The number of hydrogen-bond donors (Lipinski definition) is 1. The van der Waals surface area contributed by atoms with E-state index in [1.165, 1.54) is 180 Å². The number of hydrogen-bond acceptors (Lipinski definition) is 3. The minimum atomic E-state index is -1.00. The van der Waals surface area contributed by atoms with Crippen molar-refractivity contribution in [3.63, 3.8) is 0 Å². The maximum atomic E-state index is 12.3. The molecule has 0 rings (SSSR count). The zero-order valence-electron chi connectivity index (χ0n) is 33.7. The van der Waals surface area contributed by atoms with Gasteiger partial charge >= 0.3 is 11.9 Å². The maximum absolute atomic E-state index is 12.3. The summed E-state index contributed by atoms with van der Waals surface area (Å²) in [6, 6.07) is 0. The topological polar surface area (TPSA) is 63.6 Å². The summed E-state index contributed by atoms with van der Waals surface area (Å²) in [6.45, 7) is 4.54. The highest BCUT2D eigenvalue weighted by Crippen LogP contribution is 2.17. The van der Waals surface area contributed by atoms with Crippen LogP contribution in [0.3, 0.4) is 0 Å². The highest BCUT2D eigenvalue weighted by molar-refractivity contribution is 5.77. The number of unbranched alkanes of at least 4 members (excludes halogenated alkanes) is 31. The lowest BCUT2D eigenvalue weighted by Crippen LogP contribution is -2.27.